The SMILES string of the molecule is CC(C)CCC[C@@H](C)[C@H]1CC[C@H]2[C@@H]3CC=C4CC(OS(=O)(=O)O)C(=O)C[C@]4(C)[C@H]3CC[C@]12C. The highest BCUT2D eigenvalue weighted by Crippen LogP contribution is 2.67. The normalized spacial score (nSPS) is 41.8. The molecular formula is C27H44O5S. The molecule has 188 valence electrons. The molecule has 0 spiro atoms. The number of fused-ring (bicyclic) bond motifs is 5. The molecule has 0 heterocycles. The lowest BCUT2D eigenvalue weighted by atomic mass is 9.47. The second-order valence-corrected chi connectivity index (χ2v) is 13.7. The first kappa shape index (κ1) is 25.4. The Morgan fingerprint density at radius 2 is 1.85 bits per heavy atom. The van der Waals surface area contributed by atoms with E-state index in [1.165, 1.54) is 38.5 Å². The monoisotopic (exact) mass is 480 g/mol. The van der Waals surface area contributed by atoms with Crippen LogP contribution in [0, 0.1) is 46.3 Å². The van der Waals surface area contributed by atoms with Crippen LogP contribution in [0.4, 0.5) is 0 Å². The number of rotatable bonds is 7. The number of allylic oxidation sites excluding steroid dienone is 1. The van der Waals surface area contributed by atoms with Crippen molar-refractivity contribution in [3.05, 3.63) is 11.6 Å². The van der Waals surface area contributed by atoms with E-state index in [9.17, 15) is 13.2 Å². The van der Waals surface area contributed by atoms with Gasteiger partial charge in [-0.1, -0.05) is 65.5 Å². The molecule has 5 nitrogen and oxygen atoms in total. The zero-order chi connectivity index (χ0) is 24.2. The summed E-state index contributed by atoms with van der Waals surface area (Å²) < 4.78 is 36.3. The van der Waals surface area contributed by atoms with Gasteiger partial charge < -0.3 is 0 Å². The lowest BCUT2D eigenvalue weighted by Crippen LogP contribution is -2.52. The highest BCUT2D eigenvalue weighted by Gasteiger charge is 2.60. The van der Waals surface area contributed by atoms with Crippen LogP contribution in [-0.2, 0) is 19.4 Å². The van der Waals surface area contributed by atoms with Gasteiger partial charge in [-0.25, -0.2) is 4.18 Å². The lowest BCUT2D eigenvalue weighted by molar-refractivity contribution is -0.134. The maximum atomic E-state index is 12.9. The zero-order valence-electron chi connectivity index (χ0n) is 21.2. The van der Waals surface area contributed by atoms with Crippen molar-refractivity contribution in [2.24, 2.45) is 46.3 Å². The summed E-state index contributed by atoms with van der Waals surface area (Å²) in [5.41, 5.74) is 1.36. The van der Waals surface area contributed by atoms with Crippen LogP contribution in [0.25, 0.3) is 0 Å². The molecule has 0 aromatic heterocycles. The first-order valence-electron chi connectivity index (χ1n) is 13.2. The fourth-order valence-corrected chi connectivity index (χ4v) is 9.24. The molecule has 1 N–H and O–H groups in total. The first-order chi connectivity index (χ1) is 15.3. The van der Waals surface area contributed by atoms with E-state index in [1.807, 2.05) is 0 Å². The van der Waals surface area contributed by atoms with Gasteiger partial charge in [0.1, 0.15) is 6.10 Å². The minimum absolute atomic E-state index is 0.190. The highest BCUT2D eigenvalue weighted by molar-refractivity contribution is 7.80. The van der Waals surface area contributed by atoms with Crippen molar-refractivity contribution in [3.8, 4) is 0 Å². The molecule has 4 aliphatic rings. The topological polar surface area (TPSA) is 80.7 Å². The van der Waals surface area contributed by atoms with Gasteiger partial charge in [-0.05, 0) is 78.4 Å². The third-order valence-electron chi connectivity index (χ3n) is 10.4. The van der Waals surface area contributed by atoms with Crippen molar-refractivity contribution in [1.29, 1.82) is 0 Å². The summed E-state index contributed by atoms with van der Waals surface area (Å²) in [6, 6.07) is 0. The fraction of sp³-hybridized carbons (Fsp3) is 0.889. The number of carbonyl (C=O) groups is 1. The van der Waals surface area contributed by atoms with Crippen molar-refractivity contribution < 1.29 is 21.9 Å². The van der Waals surface area contributed by atoms with E-state index in [4.69, 9.17) is 8.74 Å². The van der Waals surface area contributed by atoms with E-state index in [0.717, 1.165) is 36.2 Å². The van der Waals surface area contributed by atoms with Crippen LogP contribution in [0.3, 0.4) is 0 Å². The van der Waals surface area contributed by atoms with Crippen molar-refractivity contribution >= 4 is 16.2 Å². The van der Waals surface area contributed by atoms with Crippen LogP contribution in [0.15, 0.2) is 11.6 Å². The van der Waals surface area contributed by atoms with Crippen LogP contribution < -0.4 is 0 Å². The molecule has 6 heteroatoms. The first-order valence-corrected chi connectivity index (χ1v) is 14.6. The second kappa shape index (κ2) is 9.05. The van der Waals surface area contributed by atoms with Gasteiger partial charge in [-0.2, -0.15) is 8.42 Å². The predicted molar refractivity (Wildman–Crippen MR) is 130 cm³/mol. The molecule has 0 aliphatic heterocycles. The van der Waals surface area contributed by atoms with E-state index in [1.54, 1.807) is 0 Å². The third-order valence-corrected chi connectivity index (χ3v) is 10.8. The van der Waals surface area contributed by atoms with E-state index in [0.29, 0.717) is 29.6 Å². The smallest absolute Gasteiger partial charge is 0.297 e. The molecule has 0 aromatic rings. The molecule has 0 radical (unpaired) electrons. The summed E-state index contributed by atoms with van der Waals surface area (Å²) in [5.74, 6) is 3.96. The quantitative estimate of drug-likeness (QED) is 0.337. The van der Waals surface area contributed by atoms with E-state index in [-0.39, 0.29) is 17.6 Å². The van der Waals surface area contributed by atoms with Gasteiger partial charge in [-0.15, -0.1) is 0 Å². The average molecular weight is 481 g/mol. The number of hydrogen-bond donors (Lipinski definition) is 1. The number of Topliss-reactive ketones (excluding diaryl/α,β-unsaturated/α-hetero) is 1. The van der Waals surface area contributed by atoms with E-state index in [2.05, 4.69) is 40.7 Å². The minimum Gasteiger partial charge on any atom is -0.297 e. The molecule has 4 aliphatic carbocycles. The molecule has 4 rings (SSSR count). The van der Waals surface area contributed by atoms with Gasteiger partial charge in [-0.3, -0.25) is 9.35 Å². The van der Waals surface area contributed by atoms with Gasteiger partial charge in [0.15, 0.2) is 5.78 Å². The summed E-state index contributed by atoms with van der Waals surface area (Å²) in [6.07, 6.45) is 11.9. The maximum absolute atomic E-state index is 12.9. The van der Waals surface area contributed by atoms with Crippen LogP contribution in [-0.4, -0.2) is 24.9 Å². The average Bonchev–Trinajstić information content (AvgIpc) is 3.04. The Labute approximate surface area is 201 Å². The molecule has 3 fully saturated rings. The summed E-state index contributed by atoms with van der Waals surface area (Å²) in [7, 11) is -4.63. The molecule has 0 amide bonds. The van der Waals surface area contributed by atoms with Crippen LogP contribution in [0.1, 0.15) is 98.8 Å². The standard InChI is InChI=1S/C27H44O5S/c1-17(2)7-6-8-18(3)21-11-12-22-20-10-9-19-15-25(32-33(29,30)31)24(28)16-27(19,5)23(20)13-14-26(21,22)4/h9,17-18,20-23,25H,6-8,10-16H2,1-5H3,(H,29,30,31)/t18-,20+,21-,22+,23+,25?,26-,27+/m1/s1. The van der Waals surface area contributed by atoms with Gasteiger partial charge in [0.05, 0.1) is 0 Å². The largest absolute Gasteiger partial charge is 0.398 e. The summed E-state index contributed by atoms with van der Waals surface area (Å²) in [5, 5.41) is 0. The molecule has 0 aromatic carbocycles. The Morgan fingerprint density at radius 1 is 1.12 bits per heavy atom. The van der Waals surface area contributed by atoms with Crippen LogP contribution >= 0.6 is 0 Å². The molecule has 33 heavy (non-hydrogen) atoms. The maximum Gasteiger partial charge on any atom is 0.398 e. The molecule has 1 unspecified atom stereocenters. The summed E-state index contributed by atoms with van der Waals surface area (Å²) >= 11 is 0. The fourth-order valence-electron chi connectivity index (χ4n) is 8.77. The third kappa shape index (κ3) is 4.73. The Hall–Kier alpha value is -0.720. The summed E-state index contributed by atoms with van der Waals surface area (Å²) in [4.78, 5) is 12.9. The summed E-state index contributed by atoms with van der Waals surface area (Å²) in [6.45, 7) is 11.9. The van der Waals surface area contributed by atoms with E-state index >= 15 is 0 Å². The van der Waals surface area contributed by atoms with Crippen LogP contribution in [0.2, 0.25) is 0 Å². The van der Waals surface area contributed by atoms with Gasteiger partial charge >= 0.3 is 10.4 Å². The molecule has 8 atom stereocenters. The van der Waals surface area contributed by atoms with Gasteiger partial charge in [0.2, 0.25) is 0 Å². The Kier molecular flexibility index (Phi) is 6.96. The predicted octanol–water partition coefficient (Wildman–Crippen LogP) is 6.39. The zero-order valence-corrected chi connectivity index (χ0v) is 22.0. The van der Waals surface area contributed by atoms with Gasteiger partial charge in [0.25, 0.3) is 0 Å². The highest BCUT2D eigenvalue weighted by atomic mass is 32.3. The van der Waals surface area contributed by atoms with Crippen molar-refractivity contribution in [2.75, 3.05) is 0 Å². The molecular weight excluding hydrogens is 436 g/mol. The lowest BCUT2D eigenvalue weighted by Gasteiger charge is -2.58. The number of carbonyl (C=O) groups excluding carboxylic acids is 1. The van der Waals surface area contributed by atoms with Crippen LogP contribution in [0.5, 0.6) is 0 Å². The molecule has 0 saturated heterocycles. The van der Waals surface area contributed by atoms with Crippen molar-refractivity contribution in [2.45, 2.75) is 105 Å². The van der Waals surface area contributed by atoms with Crippen molar-refractivity contribution in [1.82, 2.24) is 0 Å². The molecule has 3 saturated carbocycles. The van der Waals surface area contributed by atoms with Crippen molar-refractivity contribution in [3.63, 3.8) is 0 Å². The Morgan fingerprint density at radius 3 is 2.52 bits per heavy atom. The van der Waals surface area contributed by atoms with E-state index < -0.39 is 16.5 Å². The Balaban J connectivity index is 1.50. The second-order valence-electron chi connectivity index (χ2n) is 12.6. The minimum atomic E-state index is -4.63. The number of ketones is 1. The number of hydrogen-bond acceptors (Lipinski definition) is 4. The Bertz CT molecular complexity index is 892. The van der Waals surface area contributed by atoms with Gasteiger partial charge in [0, 0.05) is 12.8 Å². The molecule has 0 bridgehead atoms.